The Morgan fingerprint density at radius 3 is 2.94 bits per heavy atom. The van der Waals surface area contributed by atoms with Crippen molar-refractivity contribution in [2.75, 3.05) is 18.0 Å². The van der Waals surface area contributed by atoms with Crippen LogP contribution in [0.4, 0.5) is 10.1 Å². The van der Waals surface area contributed by atoms with Gasteiger partial charge in [-0.15, -0.1) is 0 Å². The van der Waals surface area contributed by atoms with Gasteiger partial charge in [-0.25, -0.2) is 4.39 Å². The second-order valence-corrected chi connectivity index (χ2v) is 5.13. The second kappa shape index (κ2) is 6.19. The van der Waals surface area contributed by atoms with E-state index in [0.717, 1.165) is 31.6 Å². The van der Waals surface area contributed by atoms with E-state index in [9.17, 15) is 4.39 Å². The third-order valence-electron chi connectivity index (χ3n) is 3.65. The van der Waals surface area contributed by atoms with Gasteiger partial charge in [-0.3, -0.25) is 0 Å². The van der Waals surface area contributed by atoms with Crippen molar-refractivity contribution in [1.29, 1.82) is 0 Å². The monoisotopic (exact) mass is 250 g/mol. The predicted octanol–water partition coefficient (Wildman–Crippen LogP) is 3.31. The van der Waals surface area contributed by atoms with E-state index >= 15 is 0 Å². The molecule has 0 aromatic heterocycles. The highest BCUT2D eigenvalue weighted by atomic mass is 19.1. The van der Waals surface area contributed by atoms with Crippen LogP contribution in [0.3, 0.4) is 0 Å². The number of nitrogens with zero attached hydrogens (tertiary/aromatic N) is 1. The molecule has 100 valence electrons. The van der Waals surface area contributed by atoms with E-state index in [2.05, 4.69) is 24.1 Å². The summed E-state index contributed by atoms with van der Waals surface area (Å²) >= 11 is 0. The zero-order valence-corrected chi connectivity index (χ0v) is 11.4. The summed E-state index contributed by atoms with van der Waals surface area (Å²) in [5.74, 6) is -0.140. The minimum Gasteiger partial charge on any atom is -0.369 e. The van der Waals surface area contributed by atoms with Gasteiger partial charge >= 0.3 is 0 Å². The first-order valence-corrected chi connectivity index (χ1v) is 6.98. The zero-order chi connectivity index (χ0) is 13.0. The van der Waals surface area contributed by atoms with Crippen LogP contribution in [-0.2, 0) is 6.54 Å². The van der Waals surface area contributed by atoms with Crippen molar-refractivity contribution in [2.24, 2.45) is 0 Å². The van der Waals surface area contributed by atoms with Crippen LogP contribution in [0.1, 0.15) is 38.7 Å². The fraction of sp³-hybridized carbons (Fsp3) is 0.600. The third kappa shape index (κ3) is 3.02. The van der Waals surface area contributed by atoms with Gasteiger partial charge < -0.3 is 10.2 Å². The zero-order valence-electron chi connectivity index (χ0n) is 11.4. The topological polar surface area (TPSA) is 15.3 Å². The lowest BCUT2D eigenvalue weighted by Gasteiger charge is -2.26. The lowest BCUT2D eigenvalue weighted by molar-refractivity contribution is 0.617. The number of anilines is 1. The molecular formula is C15H23FN2. The Labute approximate surface area is 109 Å². The molecule has 1 unspecified atom stereocenters. The van der Waals surface area contributed by atoms with Gasteiger partial charge in [0.15, 0.2) is 0 Å². The SMILES string of the molecule is CCCNCc1cc(F)ccc1N1CCCC1C. The smallest absolute Gasteiger partial charge is 0.123 e. The number of halogens is 1. The first-order chi connectivity index (χ1) is 8.72. The van der Waals surface area contributed by atoms with Crippen LogP contribution in [0, 0.1) is 5.82 Å². The summed E-state index contributed by atoms with van der Waals surface area (Å²) in [6.07, 6.45) is 3.57. The molecule has 1 heterocycles. The molecule has 0 amide bonds. The van der Waals surface area contributed by atoms with Gasteiger partial charge in [-0.2, -0.15) is 0 Å². The van der Waals surface area contributed by atoms with Crippen molar-refractivity contribution in [1.82, 2.24) is 5.32 Å². The minimum atomic E-state index is -0.140. The van der Waals surface area contributed by atoms with Crippen molar-refractivity contribution < 1.29 is 4.39 Å². The molecular weight excluding hydrogens is 227 g/mol. The molecule has 3 heteroatoms. The molecule has 18 heavy (non-hydrogen) atoms. The molecule has 1 N–H and O–H groups in total. The van der Waals surface area contributed by atoms with Crippen molar-refractivity contribution in [3.8, 4) is 0 Å². The molecule has 0 spiro atoms. The average molecular weight is 250 g/mol. The van der Waals surface area contributed by atoms with Gasteiger partial charge in [0.2, 0.25) is 0 Å². The molecule has 1 saturated heterocycles. The Bertz CT molecular complexity index is 392. The molecule has 0 radical (unpaired) electrons. The largest absolute Gasteiger partial charge is 0.369 e. The maximum atomic E-state index is 13.4. The van der Waals surface area contributed by atoms with Crippen molar-refractivity contribution in [3.05, 3.63) is 29.6 Å². The van der Waals surface area contributed by atoms with Crippen molar-refractivity contribution >= 4 is 5.69 Å². The highest BCUT2D eigenvalue weighted by Crippen LogP contribution is 2.29. The summed E-state index contributed by atoms with van der Waals surface area (Å²) in [7, 11) is 0. The Kier molecular flexibility index (Phi) is 4.59. The quantitative estimate of drug-likeness (QED) is 0.807. The summed E-state index contributed by atoms with van der Waals surface area (Å²) in [4.78, 5) is 2.41. The molecule has 1 fully saturated rings. The maximum Gasteiger partial charge on any atom is 0.123 e. The summed E-state index contributed by atoms with van der Waals surface area (Å²) in [5, 5.41) is 3.36. The molecule has 1 atom stereocenters. The molecule has 1 aromatic carbocycles. The predicted molar refractivity (Wildman–Crippen MR) is 74.4 cm³/mol. The van der Waals surface area contributed by atoms with Crippen LogP contribution >= 0.6 is 0 Å². The molecule has 1 aliphatic heterocycles. The van der Waals surface area contributed by atoms with Crippen LogP contribution in [0.5, 0.6) is 0 Å². The van der Waals surface area contributed by atoms with E-state index in [1.165, 1.54) is 18.5 Å². The molecule has 0 saturated carbocycles. The lowest BCUT2D eigenvalue weighted by atomic mass is 10.1. The van der Waals surface area contributed by atoms with Crippen molar-refractivity contribution in [3.63, 3.8) is 0 Å². The Hall–Kier alpha value is -1.09. The highest BCUT2D eigenvalue weighted by molar-refractivity contribution is 5.55. The fourth-order valence-electron chi connectivity index (χ4n) is 2.67. The average Bonchev–Trinajstić information content (AvgIpc) is 2.76. The highest BCUT2D eigenvalue weighted by Gasteiger charge is 2.22. The van der Waals surface area contributed by atoms with E-state index in [1.807, 2.05) is 6.07 Å². The van der Waals surface area contributed by atoms with Gasteiger partial charge in [0.05, 0.1) is 0 Å². The summed E-state index contributed by atoms with van der Waals surface area (Å²) < 4.78 is 13.4. The van der Waals surface area contributed by atoms with Gasteiger partial charge in [0, 0.05) is 24.8 Å². The molecule has 2 rings (SSSR count). The standard InChI is InChI=1S/C15H23FN2/c1-3-8-17-11-13-10-14(16)6-7-15(13)18-9-4-5-12(18)2/h6-7,10,12,17H,3-5,8-9,11H2,1-2H3. The number of benzene rings is 1. The van der Waals surface area contributed by atoms with Gasteiger partial charge in [0.1, 0.15) is 5.82 Å². The molecule has 0 bridgehead atoms. The summed E-state index contributed by atoms with van der Waals surface area (Å²) in [6.45, 7) is 7.21. The van der Waals surface area contributed by atoms with E-state index in [4.69, 9.17) is 0 Å². The number of rotatable bonds is 5. The van der Waals surface area contributed by atoms with Gasteiger partial charge in [-0.05, 0) is 56.5 Å². The van der Waals surface area contributed by atoms with Crippen molar-refractivity contribution in [2.45, 2.75) is 45.7 Å². The van der Waals surface area contributed by atoms with Crippen LogP contribution in [-0.4, -0.2) is 19.1 Å². The second-order valence-electron chi connectivity index (χ2n) is 5.13. The normalized spacial score (nSPS) is 19.5. The Morgan fingerprint density at radius 1 is 1.44 bits per heavy atom. The number of nitrogens with one attached hydrogen (secondary N) is 1. The Morgan fingerprint density at radius 2 is 2.28 bits per heavy atom. The van der Waals surface area contributed by atoms with Gasteiger partial charge in [-0.1, -0.05) is 6.92 Å². The van der Waals surface area contributed by atoms with E-state index < -0.39 is 0 Å². The molecule has 0 aliphatic carbocycles. The number of hydrogen-bond donors (Lipinski definition) is 1. The molecule has 2 nitrogen and oxygen atoms in total. The van der Waals surface area contributed by atoms with Crippen LogP contribution in [0.25, 0.3) is 0 Å². The molecule has 1 aromatic rings. The van der Waals surface area contributed by atoms with E-state index in [1.54, 1.807) is 12.1 Å². The van der Waals surface area contributed by atoms with Crippen LogP contribution in [0.2, 0.25) is 0 Å². The first kappa shape index (κ1) is 13.3. The van der Waals surface area contributed by atoms with Crippen LogP contribution < -0.4 is 10.2 Å². The first-order valence-electron chi connectivity index (χ1n) is 6.98. The lowest BCUT2D eigenvalue weighted by Crippen LogP contribution is -2.28. The number of hydrogen-bond acceptors (Lipinski definition) is 2. The van der Waals surface area contributed by atoms with Crippen LogP contribution in [0.15, 0.2) is 18.2 Å². The summed E-state index contributed by atoms with van der Waals surface area (Å²) in [5.41, 5.74) is 2.28. The van der Waals surface area contributed by atoms with E-state index in [0.29, 0.717) is 6.04 Å². The molecule has 1 aliphatic rings. The Balaban J connectivity index is 2.17. The minimum absolute atomic E-state index is 0.140. The summed E-state index contributed by atoms with van der Waals surface area (Å²) in [6, 6.07) is 5.74. The van der Waals surface area contributed by atoms with Gasteiger partial charge in [0.25, 0.3) is 0 Å². The fourth-order valence-corrected chi connectivity index (χ4v) is 2.67. The third-order valence-corrected chi connectivity index (χ3v) is 3.65. The maximum absolute atomic E-state index is 13.4. The van der Waals surface area contributed by atoms with E-state index in [-0.39, 0.29) is 5.82 Å².